The minimum absolute atomic E-state index is 0.673. The number of anilines is 1. The molecule has 2 aliphatic heterocycles. The summed E-state index contributed by atoms with van der Waals surface area (Å²) in [5.41, 5.74) is 3.02. The highest BCUT2D eigenvalue weighted by molar-refractivity contribution is 5.58. The van der Waals surface area contributed by atoms with Crippen LogP contribution >= 0.6 is 0 Å². The summed E-state index contributed by atoms with van der Waals surface area (Å²) in [7, 11) is 0. The minimum atomic E-state index is 0.673. The van der Waals surface area contributed by atoms with Crippen LogP contribution in [-0.4, -0.2) is 25.2 Å². The molecule has 0 aromatic heterocycles. The lowest BCUT2D eigenvalue weighted by Gasteiger charge is -2.36. The van der Waals surface area contributed by atoms with E-state index in [4.69, 9.17) is 0 Å². The smallest absolute Gasteiger partial charge is 0.0402 e. The third kappa shape index (κ3) is 1.71. The molecule has 86 valence electrons. The Hall–Kier alpha value is -1.02. The fourth-order valence-electron chi connectivity index (χ4n) is 3.13. The Labute approximate surface area is 97.6 Å². The van der Waals surface area contributed by atoms with Crippen LogP contribution in [0.5, 0.6) is 0 Å². The molecular formula is C14H20N2. The summed E-state index contributed by atoms with van der Waals surface area (Å²) in [4.78, 5) is 2.63. The van der Waals surface area contributed by atoms with Crippen molar-refractivity contribution in [1.82, 2.24) is 5.32 Å². The molecule has 0 bridgehead atoms. The molecular weight excluding hydrogens is 196 g/mol. The maximum Gasteiger partial charge on any atom is 0.0402 e. The van der Waals surface area contributed by atoms with Crippen LogP contribution in [0.3, 0.4) is 0 Å². The van der Waals surface area contributed by atoms with Gasteiger partial charge in [-0.05, 0) is 44.4 Å². The van der Waals surface area contributed by atoms with E-state index in [0.29, 0.717) is 6.04 Å². The second-order valence-corrected chi connectivity index (χ2v) is 5.11. The summed E-state index contributed by atoms with van der Waals surface area (Å²) < 4.78 is 0. The molecule has 2 heteroatoms. The van der Waals surface area contributed by atoms with Crippen molar-refractivity contribution in [1.29, 1.82) is 0 Å². The number of nitrogens with zero attached hydrogens (tertiary/aromatic N) is 1. The molecule has 2 unspecified atom stereocenters. The van der Waals surface area contributed by atoms with E-state index in [-0.39, 0.29) is 0 Å². The molecule has 1 saturated heterocycles. The van der Waals surface area contributed by atoms with Crippen LogP contribution in [-0.2, 0) is 6.42 Å². The molecule has 0 saturated carbocycles. The van der Waals surface area contributed by atoms with Gasteiger partial charge >= 0.3 is 0 Å². The van der Waals surface area contributed by atoms with Crippen molar-refractivity contribution in [3.05, 3.63) is 29.8 Å². The Morgan fingerprint density at radius 2 is 2.19 bits per heavy atom. The van der Waals surface area contributed by atoms with Crippen LogP contribution in [0.15, 0.2) is 24.3 Å². The highest BCUT2D eigenvalue weighted by atomic mass is 15.2. The van der Waals surface area contributed by atoms with Gasteiger partial charge in [0.15, 0.2) is 0 Å². The van der Waals surface area contributed by atoms with Crippen molar-refractivity contribution in [2.75, 3.05) is 18.0 Å². The first-order chi connectivity index (χ1) is 7.84. The fourth-order valence-corrected chi connectivity index (χ4v) is 3.13. The van der Waals surface area contributed by atoms with Crippen molar-refractivity contribution in [2.45, 2.75) is 38.3 Å². The molecule has 3 rings (SSSR count). The maximum absolute atomic E-state index is 3.53. The van der Waals surface area contributed by atoms with Gasteiger partial charge in [-0.1, -0.05) is 18.2 Å². The van der Waals surface area contributed by atoms with Gasteiger partial charge < -0.3 is 10.2 Å². The number of piperidine rings is 1. The molecule has 0 radical (unpaired) electrons. The number of benzene rings is 1. The number of fused-ring (bicyclic) bond motifs is 1. The van der Waals surface area contributed by atoms with E-state index >= 15 is 0 Å². The Balaban J connectivity index is 1.81. The average molecular weight is 216 g/mol. The van der Waals surface area contributed by atoms with E-state index in [1.54, 1.807) is 0 Å². The van der Waals surface area contributed by atoms with E-state index in [1.807, 2.05) is 0 Å². The van der Waals surface area contributed by atoms with Crippen LogP contribution in [0.2, 0.25) is 0 Å². The standard InChI is InChI=1S/C14H20N2/c1-11-10-13(6-8-15-11)16-9-7-12-4-2-3-5-14(12)16/h2-5,11,13,15H,6-10H2,1H3. The predicted molar refractivity (Wildman–Crippen MR) is 68.0 cm³/mol. The maximum atomic E-state index is 3.53. The van der Waals surface area contributed by atoms with E-state index in [2.05, 4.69) is 41.4 Å². The molecule has 0 aliphatic carbocycles. The quantitative estimate of drug-likeness (QED) is 0.774. The topological polar surface area (TPSA) is 15.3 Å². The van der Waals surface area contributed by atoms with Crippen molar-refractivity contribution in [3.63, 3.8) is 0 Å². The number of hydrogen-bond acceptors (Lipinski definition) is 2. The number of nitrogens with one attached hydrogen (secondary N) is 1. The zero-order valence-electron chi connectivity index (χ0n) is 9.95. The zero-order valence-corrected chi connectivity index (χ0v) is 9.95. The van der Waals surface area contributed by atoms with Crippen LogP contribution < -0.4 is 10.2 Å². The van der Waals surface area contributed by atoms with E-state index in [9.17, 15) is 0 Å². The number of para-hydroxylation sites is 1. The predicted octanol–water partition coefficient (Wildman–Crippen LogP) is 2.19. The van der Waals surface area contributed by atoms with E-state index in [0.717, 1.165) is 6.04 Å². The van der Waals surface area contributed by atoms with E-state index in [1.165, 1.54) is 43.6 Å². The highest BCUT2D eigenvalue weighted by Gasteiger charge is 2.28. The summed E-state index contributed by atoms with van der Waals surface area (Å²) in [6, 6.07) is 10.3. The van der Waals surface area contributed by atoms with E-state index < -0.39 is 0 Å². The summed E-state index contributed by atoms with van der Waals surface area (Å²) in [6.07, 6.45) is 3.81. The second-order valence-electron chi connectivity index (χ2n) is 5.11. The van der Waals surface area contributed by atoms with Gasteiger partial charge in [0.2, 0.25) is 0 Å². The molecule has 2 atom stereocenters. The Morgan fingerprint density at radius 3 is 3.06 bits per heavy atom. The molecule has 1 fully saturated rings. The van der Waals surface area contributed by atoms with Crippen LogP contribution in [0.25, 0.3) is 0 Å². The first kappa shape index (κ1) is 10.2. The van der Waals surface area contributed by atoms with Gasteiger partial charge in [0.05, 0.1) is 0 Å². The lowest BCUT2D eigenvalue weighted by molar-refractivity contribution is 0.367. The van der Waals surface area contributed by atoms with Gasteiger partial charge in [-0.15, -0.1) is 0 Å². The molecule has 2 nitrogen and oxygen atoms in total. The molecule has 1 aromatic rings. The first-order valence-corrected chi connectivity index (χ1v) is 6.42. The molecule has 0 amide bonds. The molecule has 2 aliphatic rings. The van der Waals surface area contributed by atoms with Gasteiger partial charge in [-0.3, -0.25) is 0 Å². The fraction of sp³-hybridized carbons (Fsp3) is 0.571. The highest BCUT2D eigenvalue weighted by Crippen LogP contribution is 2.32. The number of hydrogen-bond donors (Lipinski definition) is 1. The summed E-state index contributed by atoms with van der Waals surface area (Å²) >= 11 is 0. The molecule has 0 spiro atoms. The minimum Gasteiger partial charge on any atom is -0.368 e. The van der Waals surface area contributed by atoms with Gasteiger partial charge in [0.1, 0.15) is 0 Å². The Kier molecular flexibility index (Phi) is 2.60. The lowest BCUT2D eigenvalue weighted by atomic mass is 9.99. The average Bonchev–Trinajstić information content (AvgIpc) is 2.72. The monoisotopic (exact) mass is 216 g/mol. The third-order valence-corrected chi connectivity index (χ3v) is 3.96. The van der Waals surface area contributed by atoms with Crippen molar-refractivity contribution >= 4 is 5.69 Å². The lowest BCUT2D eigenvalue weighted by Crippen LogP contribution is -2.46. The van der Waals surface area contributed by atoms with Gasteiger partial charge in [0, 0.05) is 24.3 Å². The zero-order chi connectivity index (χ0) is 11.0. The summed E-state index contributed by atoms with van der Waals surface area (Å²) in [6.45, 7) is 4.69. The van der Waals surface area contributed by atoms with Crippen LogP contribution in [0, 0.1) is 0 Å². The first-order valence-electron chi connectivity index (χ1n) is 6.42. The normalized spacial score (nSPS) is 29.2. The van der Waals surface area contributed by atoms with Crippen LogP contribution in [0.4, 0.5) is 5.69 Å². The largest absolute Gasteiger partial charge is 0.368 e. The molecule has 2 heterocycles. The van der Waals surface area contributed by atoms with Gasteiger partial charge in [-0.2, -0.15) is 0 Å². The van der Waals surface area contributed by atoms with Gasteiger partial charge in [0.25, 0.3) is 0 Å². The Morgan fingerprint density at radius 1 is 1.31 bits per heavy atom. The van der Waals surface area contributed by atoms with Crippen molar-refractivity contribution in [3.8, 4) is 0 Å². The third-order valence-electron chi connectivity index (χ3n) is 3.96. The molecule has 1 aromatic carbocycles. The van der Waals surface area contributed by atoms with Crippen LogP contribution in [0.1, 0.15) is 25.3 Å². The number of rotatable bonds is 1. The molecule has 16 heavy (non-hydrogen) atoms. The van der Waals surface area contributed by atoms with Crippen molar-refractivity contribution in [2.24, 2.45) is 0 Å². The summed E-state index contributed by atoms with van der Waals surface area (Å²) in [5.74, 6) is 0. The Bertz CT molecular complexity index is 375. The molecule has 1 N–H and O–H groups in total. The SMILES string of the molecule is CC1CC(N2CCc3ccccc32)CCN1. The van der Waals surface area contributed by atoms with Gasteiger partial charge in [-0.25, -0.2) is 0 Å². The second kappa shape index (κ2) is 4.10. The summed E-state index contributed by atoms with van der Waals surface area (Å²) in [5, 5.41) is 3.53. The van der Waals surface area contributed by atoms with Crippen molar-refractivity contribution < 1.29 is 0 Å².